The van der Waals surface area contributed by atoms with Crippen molar-refractivity contribution in [1.29, 1.82) is 0 Å². The third kappa shape index (κ3) is 1.42. The lowest BCUT2D eigenvalue weighted by Gasteiger charge is -2.43. The van der Waals surface area contributed by atoms with Gasteiger partial charge in [0, 0.05) is 12.8 Å². The molecule has 0 heterocycles. The molecule has 2 aliphatic carbocycles. The number of allylic oxidation sites excluding steroid dienone is 3. The summed E-state index contributed by atoms with van der Waals surface area (Å²) in [7, 11) is 0. The summed E-state index contributed by atoms with van der Waals surface area (Å²) in [6.07, 6.45) is 5.03. The number of esters is 1. The molecule has 0 N–H and O–H groups in total. The van der Waals surface area contributed by atoms with Crippen LogP contribution in [0.15, 0.2) is 24.0 Å². The largest absolute Gasteiger partial charge is 0.434 e. The van der Waals surface area contributed by atoms with Crippen LogP contribution in [-0.2, 0) is 14.3 Å². The van der Waals surface area contributed by atoms with E-state index >= 15 is 0 Å². The minimum absolute atomic E-state index is 0.00225. The number of ether oxygens (including phenoxy) is 1. The Kier molecular flexibility index (Phi) is 2.23. The summed E-state index contributed by atoms with van der Waals surface area (Å²) < 4.78 is 4.75. The SMILES string of the molecule is CC(=O)O/C=C1\C=C[C@@H]2[C@H]1C(=O)[C@]2(C)Cl. The van der Waals surface area contributed by atoms with Crippen molar-refractivity contribution >= 4 is 23.4 Å². The summed E-state index contributed by atoms with van der Waals surface area (Å²) in [6, 6.07) is 0. The molecule has 0 radical (unpaired) electrons. The number of rotatable bonds is 1. The highest BCUT2D eigenvalue weighted by Crippen LogP contribution is 2.52. The van der Waals surface area contributed by atoms with Crippen molar-refractivity contribution < 1.29 is 14.3 Å². The van der Waals surface area contributed by atoms with Gasteiger partial charge < -0.3 is 4.74 Å². The molecule has 0 unspecified atom stereocenters. The van der Waals surface area contributed by atoms with Crippen LogP contribution < -0.4 is 0 Å². The molecule has 2 rings (SSSR count). The number of fused-ring (bicyclic) bond motifs is 1. The van der Waals surface area contributed by atoms with Crippen LogP contribution in [0.25, 0.3) is 0 Å². The zero-order chi connectivity index (χ0) is 11.2. The monoisotopic (exact) mass is 226 g/mol. The van der Waals surface area contributed by atoms with Gasteiger partial charge in [0.05, 0.1) is 12.2 Å². The lowest BCUT2D eigenvalue weighted by molar-refractivity contribution is -0.137. The van der Waals surface area contributed by atoms with E-state index in [9.17, 15) is 9.59 Å². The second-order valence-electron chi connectivity index (χ2n) is 4.03. The Labute approximate surface area is 92.7 Å². The van der Waals surface area contributed by atoms with Gasteiger partial charge in [0.25, 0.3) is 0 Å². The average Bonchev–Trinajstić information content (AvgIpc) is 2.55. The van der Waals surface area contributed by atoms with Crippen molar-refractivity contribution in [3.63, 3.8) is 0 Å². The molecular formula is C11H11ClO3. The van der Waals surface area contributed by atoms with E-state index in [2.05, 4.69) is 0 Å². The van der Waals surface area contributed by atoms with Gasteiger partial charge in [-0.15, -0.1) is 11.6 Å². The van der Waals surface area contributed by atoms with E-state index in [1.54, 1.807) is 13.0 Å². The Morgan fingerprint density at radius 2 is 2.33 bits per heavy atom. The highest BCUT2D eigenvalue weighted by molar-refractivity contribution is 6.39. The van der Waals surface area contributed by atoms with Gasteiger partial charge in [0.2, 0.25) is 0 Å². The molecule has 15 heavy (non-hydrogen) atoms. The van der Waals surface area contributed by atoms with Crippen LogP contribution in [-0.4, -0.2) is 16.6 Å². The quantitative estimate of drug-likeness (QED) is 0.389. The van der Waals surface area contributed by atoms with Crippen LogP contribution in [0.3, 0.4) is 0 Å². The van der Waals surface area contributed by atoms with E-state index in [0.29, 0.717) is 0 Å². The first-order valence-corrected chi connectivity index (χ1v) is 5.11. The van der Waals surface area contributed by atoms with Crippen molar-refractivity contribution in [3.05, 3.63) is 24.0 Å². The maximum atomic E-state index is 11.7. The number of halogens is 1. The van der Waals surface area contributed by atoms with Gasteiger partial charge in [-0.05, 0) is 12.5 Å². The van der Waals surface area contributed by atoms with E-state index in [1.807, 2.05) is 6.08 Å². The van der Waals surface area contributed by atoms with Crippen molar-refractivity contribution in [2.75, 3.05) is 0 Å². The van der Waals surface area contributed by atoms with E-state index in [4.69, 9.17) is 16.3 Å². The van der Waals surface area contributed by atoms with Crippen molar-refractivity contribution in [3.8, 4) is 0 Å². The summed E-state index contributed by atoms with van der Waals surface area (Å²) in [5.74, 6) is -0.572. The van der Waals surface area contributed by atoms with Gasteiger partial charge in [0.15, 0.2) is 5.78 Å². The molecule has 80 valence electrons. The zero-order valence-corrected chi connectivity index (χ0v) is 9.25. The molecule has 1 saturated carbocycles. The summed E-state index contributed by atoms with van der Waals surface area (Å²) in [5, 5.41) is 0. The molecule has 0 aromatic carbocycles. The second kappa shape index (κ2) is 3.20. The lowest BCUT2D eigenvalue weighted by Crippen LogP contribution is -2.56. The Morgan fingerprint density at radius 3 is 2.93 bits per heavy atom. The maximum Gasteiger partial charge on any atom is 0.307 e. The first-order valence-electron chi connectivity index (χ1n) is 4.73. The van der Waals surface area contributed by atoms with Gasteiger partial charge in [-0.2, -0.15) is 0 Å². The number of carbonyl (C=O) groups is 2. The lowest BCUT2D eigenvalue weighted by atomic mass is 9.64. The minimum atomic E-state index is -0.785. The minimum Gasteiger partial charge on any atom is -0.434 e. The van der Waals surface area contributed by atoms with E-state index in [0.717, 1.165) is 5.57 Å². The van der Waals surface area contributed by atoms with Crippen molar-refractivity contribution in [2.24, 2.45) is 11.8 Å². The number of hydrogen-bond acceptors (Lipinski definition) is 3. The number of hydrogen-bond donors (Lipinski definition) is 0. The summed E-state index contributed by atoms with van der Waals surface area (Å²) in [6.45, 7) is 3.04. The number of carbonyl (C=O) groups excluding carboxylic acids is 2. The van der Waals surface area contributed by atoms with Crippen molar-refractivity contribution in [1.82, 2.24) is 0 Å². The van der Waals surface area contributed by atoms with Crippen LogP contribution in [0.4, 0.5) is 0 Å². The van der Waals surface area contributed by atoms with Crippen LogP contribution in [0.5, 0.6) is 0 Å². The van der Waals surface area contributed by atoms with Crippen molar-refractivity contribution in [2.45, 2.75) is 18.7 Å². The van der Waals surface area contributed by atoms with Gasteiger partial charge in [-0.25, -0.2) is 0 Å². The highest BCUT2D eigenvalue weighted by Gasteiger charge is 2.59. The van der Waals surface area contributed by atoms with E-state index in [1.165, 1.54) is 13.2 Å². The summed E-state index contributed by atoms with van der Waals surface area (Å²) >= 11 is 6.05. The van der Waals surface area contributed by atoms with E-state index in [-0.39, 0.29) is 23.6 Å². The zero-order valence-electron chi connectivity index (χ0n) is 8.49. The third-order valence-corrected chi connectivity index (χ3v) is 3.40. The van der Waals surface area contributed by atoms with E-state index < -0.39 is 4.87 Å². The van der Waals surface area contributed by atoms with Gasteiger partial charge in [-0.3, -0.25) is 9.59 Å². The fraction of sp³-hybridized carbons (Fsp3) is 0.455. The smallest absolute Gasteiger partial charge is 0.307 e. The molecule has 0 saturated heterocycles. The third-order valence-electron chi connectivity index (χ3n) is 2.97. The number of ketones is 1. The fourth-order valence-electron chi connectivity index (χ4n) is 2.08. The van der Waals surface area contributed by atoms with Crippen LogP contribution >= 0.6 is 11.6 Å². The molecule has 3 atom stereocenters. The Bertz CT molecular complexity index is 393. The molecule has 3 nitrogen and oxygen atoms in total. The van der Waals surface area contributed by atoms with Crippen LogP contribution in [0, 0.1) is 11.8 Å². The molecular weight excluding hydrogens is 216 g/mol. The normalized spacial score (nSPS) is 40.2. The standard InChI is InChI=1S/C11H11ClO3/c1-6(13)15-5-7-3-4-8-9(7)10(14)11(8,2)12/h3-5,8-9H,1-2H3/b7-5+/t8-,9+,11-/m1/s1. The van der Waals surface area contributed by atoms with Gasteiger partial charge >= 0.3 is 5.97 Å². The Balaban J connectivity index is 2.16. The average molecular weight is 227 g/mol. The van der Waals surface area contributed by atoms with Gasteiger partial charge in [0.1, 0.15) is 4.87 Å². The molecule has 4 heteroatoms. The molecule has 1 fully saturated rings. The number of Topliss-reactive ketones (excluding diaryl/α,β-unsaturated/α-hetero) is 1. The van der Waals surface area contributed by atoms with Crippen LogP contribution in [0.2, 0.25) is 0 Å². The molecule has 0 amide bonds. The molecule has 0 aliphatic heterocycles. The van der Waals surface area contributed by atoms with Gasteiger partial charge in [-0.1, -0.05) is 12.2 Å². The molecule has 0 spiro atoms. The highest BCUT2D eigenvalue weighted by atomic mass is 35.5. The summed E-state index contributed by atoms with van der Waals surface area (Å²) in [4.78, 5) is 21.5. The maximum absolute atomic E-state index is 11.7. The molecule has 0 bridgehead atoms. The number of alkyl halides is 1. The molecule has 2 aliphatic rings. The second-order valence-corrected chi connectivity index (χ2v) is 4.81. The molecule has 0 aromatic heterocycles. The first kappa shape index (κ1) is 10.4. The first-order chi connectivity index (χ1) is 6.94. The predicted molar refractivity (Wildman–Crippen MR) is 55.2 cm³/mol. The summed E-state index contributed by atoms with van der Waals surface area (Å²) in [5.41, 5.74) is 0.735. The molecule has 0 aromatic rings. The predicted octanol–water partition coefficient (Wildman–Crippen LogP) is 1.82. The Hall–Kier alpha value is -1.09. The Morgan fingerprint density at radius 1 is 1.67 bits per heavy atom. The fourth-order valence-corrected chi connectivity index (χ4v) is 2.40. The topological polar surface area (TPSA) is 43.4 Å². The van der Waals surface area contributed by atoms with Crippen LogP contribution in [0.1, 0.15) is 13.8 Å².